The van der Waals surface area contributed by atoms with E-state index in [9.17, 15) is 0 Å². The maximum Gasteiger partial charge on any atom is 0.121 e. The number of fused-ring (bicyclic) bond motifs is 1. The highest BCUT2D eigenvalue weighted by molar-refractivity contribution is 5.95. The number of methoxy groups -OCH3 is 1. The van der Waals surface area contributed by atoms with Gasteiger partial charge in [0.2, 0.25) is 0 Å². The van der Waals surface area contributed by atoms with Gasteiger partial charge in [-0.05, 0) is 64.3 Å². The molecule has 2 aromatic rings. The highest BCUT2D eigenvalue weighted by atomic mass is 16.5. The molecule has 2 N–H and O–H groups in total. The molecular weight excluding hydrogens is 298 g/mol. The summed E-state index contributed by atoms with van der Waals surface area (Å²) in [5.74, 6) is 0.889. The summed E-state index contributed by atoms with van der Waals surface area (Å²) in [6, 6.07) is 4.62. The highest BCUT2D eigenvalue weighted by Gasteiger charge is 2.17. The average molecular weight is 329 g/mol. The second-order valence-corrected chi connectivity index (χ2v) is 6.75. The minimum atomic E-state index is 0.404. The molecule has 0 atom stereocenters. The Kier molecular flexibility index (Phi) is 6.44. The quantitative estimate of drug-likeness (QED) is 0.737. The lowest BCUT2D eigenvalue weighted by molar-refractivity contribution is 0.415. The van der Waals surface area contributed by atoms with Gasteiger partial charge in [-0.2, -0.15) is 0 Å². The van der Waals surface area contributed by atoms with E-state index < -0.39 is 0 Å². The Morgan fingerprint density at radius 2 is 1.92 bits per heavy atom. The molecule has 0 saturated carbocycles. The highest BCUT2D eigenvalue weighted by Crippen LogP contribution is 2.34. The summed E-state index contributed by atoms with van der Waals surface area (Å²) < 4.78 is 5.56. The van der Waals surface area contributed by atoms with Gasteiger partial charge in [-0.25, -0.2) is 0 Å². The van der Waals surface area contributed by atoms with Gasteiger partial charge in [-0.3, -0.25) is 4.98 Å². The van der Waals surface area contributed by atoms with Gasteiger partial charge in [0.1, 0.15) is 5.75 Å². The fourth-order valence-electron chi connectivity index (χ4n) is 3.08. The molecule has 0 unspecified atom stereocenters. The molecule has 1 aromatic heterocycles. The smallest absolute Gasteiger partial charge is 0.121 e. The standard InChI is InChI=1S/C20H31N3O/c1-14(2)23(10-8-6-7-9-21)19-12-17(24-5)11-18-16(4)15(3)13-22-20(18)19/h11-14H,6-10,21H2,1-5H3. The first-order valence-electron chi connectivity index (χ1n) is 8.90. The molecule has 1 aromatic carbocycles. The third-order valence-electron chi connectivity index (χ3n) is 4.72. The molecule has 4 heteroatoms. The summed E-state index contributed by atoms with van der Waals surface area (Å²) in [7, 11) is 1.73. The number of hydrogen-bond acceptors (Lipinski definition) is 4. The van der Waals surface area contributed by atoms with Crippen molar-refractivity contribution in [2.24, 2.45) is 5.73 Å². The maximum absolute atomic E-state index is 5.62. The monoisotopic (exact) mass is 329 g/mol. The van der Waals surface area contributed by atoms with Gasteiger partial charge in [-0.15, -0.1) is 0 Å². The Morgan fingerprint density at radius 1 is 1.17 bits per heavy atom. The number of nitrogens with two attached hydrogens (primary N) is 1. The average Bonchev–Trinajstić information content (AvgIpc) is 2.57. The van der Waals surface area contributed by atoms with Gasteiger partial charge in [0.05, 0.1) is 18.3 Å². The van der Waals surface area contributed by atoms with E-state index in [0.29, 0.717) is 6.04 Å². The number of ether oxygens (including phenoxy) is 1. The van der Waals surface area contributed by atoms with Crippen LogP contribution in [-0.2, 0) is 0 Å². The predicted molar refractivity (Wildman–Crippen MR) is 103 cm³/mol. The van der Waals surface area contributed by atoms with Crippen LogP contribution in [0.5, 0.6) is 5.75 Å². The fourth-order valence-corrected chi connectivity index (χ4v) is 3.08. The molecule has 4 nitrogen and oxygen atoms in total. The summed E-state index contributed by atoms with van der Waals surface area (Å²) in [5.41, 5.74) is 10.3. The molecule has 0 spiro atoms. The van der Waals surface area contributed by atoms with E-state index >= 15 is 0 Å². The van der Waals surface area contributed by atoms with Crippen LogP contribution in [0, 0.1) is 13.8 Å². The van der Waals surface area contributed by atoms with Crippen LogP contribution in [0.1, 0.15) is 44.2 Å². The molecule has 0 aliphatic rings. The number of hydrogen-bond donors (Lipinski definition) is 1. The minimum absolute atomic E-state index is 0.404. The van der Waals surface area contributed by atoms with Crippen LogP contribution in [0.3, 0.4) is 0 Å². The number of anilines is 1. The van der Waals surface area contributed by atoms with E-state index in [2.05, 4.69) is 44.7 Å². The van der Waals surface area contributed by atoms with Crippen molar-refractivity contribution in [2.45, 2.75) is 53.0 Å². The van der Waals surface area contributed by atoms with Crippen LogP contribution in [0.25, 0.3) is 10.9 Å². The van der Waals surface area contributed by atoms with Crippen molar-refractivity contribution in [1.82, 2.24) is 4.98 Å². The maximum atomic E-state index is 5.62. The zero-order valence-corrected chi connectivity index (χ0v) is 15.7. The van der Waals surface area contributed by atoms with Crippen molar-refractivity contribution in [3.63, 3.8) is 0 Å². The molecule has 0 fully saturated rings. The summed E-state index contributed by atoms with van der Waals surface area (Å²) in [4.78, 5) is 7.18. The summed E-state index contributed by atoms with van der Waals surface area (Å²) in [6.07, 6.45) is 5.36. The van der Waals surface area contributed by atoms with Crippen LogP contribution in [0.15, 0.2) is 18.3 Å². The molecule has 0 radical (unpaired) electrons. The predicted octanol–water partition coefficient (Wildman–Crippen LogP) is 4.20. The number of pyridine rings is 1. The van der Waals surface area contributed by atoms with E-state index in [1.165, 1.54) is 16.5 Å². The molecule has 0 amide bonds. The summed E-state index contributed by atoms with van der Waals surface area (Å²) in [6.45, 7) is 10.5. The Balaban J connectivity index is 2.48. The van der Waals surface area contributed by atoms with Crippen molar-refractivity contribution in [3.8, 4) is 5.75 Å². The third kappa shape index (κ3) is 3.99. The Labute approximate surface area is 146 Å². The lowest BCUT2D eigenvalue weighted by Gasteiger charge is -2.30. The van der Waals surface area contributed by atoms with Crippen LogP contribution in [-0.4, -0.2) is 31.2 Å². The molecule has 132 valence electrons. The van der Waals surface area contributed by atoms with Gasteiger partial charge in [0.25, 0.3) is 0 Å². The van der Waals surface area contributed by atoms with Crippen molar-refractivity contribution in [1.29, 1.82) is 0 Å². The van der Waals surface area contributed by atoms with Crippen molar-refractivity contribution in [2.75, 3.05) is 25.1 Å². The van der Waals surface area contributed by atoms with Gasteiger partial charge in [0, 0.05) is 30.2 Å². The Hall–Kier alpha value is -1.81. The second-order valence-electron chi connectivity index (χ2n) is 6.75. The zero-order valence-electron chi connectivity index (χ0n) is 15.7. The van der Waals surface area contributed by atoms with Gasteiger partial charge in [-0.1, -0.05) is 6.42 Å². The number of aryl methyl sites for hydroxylation is 2. The van der Waals surface area contributed by atoms with Gasteiger partial charge >= 0.3 is 0 Å². The van der Waals surface area contributed by atoms with Gasteiger partial charge in [0.15, 0.2) is 0 Å². The summed E-state index contributed by atoms with van der Waals surface area (Å²) in [5, 5.41) is 1.18. The van der Waals surface area contributed by atoms with Crippen molar-refractivity contribution in [3.05, 3.63) is 29.5 Å². The van der Waals surface area contributed by atoms with E-state index in [0.717, 1.165) is 49.3 Å². The fraction of sp³-hybridized carbons (Fsp3) is 0.550. The van der Waals surface area contributed by atoms with E-state index in [1.807, 2.05) is 6.20 Å². The van der Waals surface area contributed by atoms with Crippen LogP contribution < -0.4 is 15.4 Å². The third-order valence-corrected chi connectivity index (χ3v) is 4.72. The molecule has 24 heavy (non-hydrogen) atoms. The first-order valence-corrected chi connectivity index (χ1v) is 8.90. The lowest BCUT2D eigenvalue weighted by atomic mass is 10.0. The topological polar surface area (TPSA) is 51.4 Å². The number of nitrogens with zero attached hydrogens (tertiary/aromatic N) is 2. The van der Waals surface area contributed by atoms with E-state index in [1.54, 1.807) is 7.11 Å². The molecule has 2 rings (SSSR count). The number of unbranched alkanes of at least 4 members (excludes halogenated alkanes) is 2. The lowest BCUT2D eigenvalue weighted by Crippen LogP contribution is -2.32. The summed E-state index contributed by atoms with van der Waals surface area (Å²) >= 11 is 0. The molecule has 1 heterocycles. The first-order chi connectivity index (χ1) is 11.5. The number of benzene rings is 1. The normalized spacial score (nSPS) is 11.3. The molecule has 0 aliphatic heterocycles. The SMILES string of the molecule is COc1cc(N(CCCCCN)C(C)C)c2ncc(C)c(C)c2c1. The molecule has 0 saturated heterocycles. The Bertz CT molecular complexity index is 682. The largest absolute Gasteiger partial charge is 0.497 e. The molecular formula is C20H31N3O. The first kappa shape index (κ1) is 18.5. The molecule has 0 aliphatic carbocycles. The number of aromatic nitrogens is 1. The molecule has 0 bridgehead atoms. The van der Waals surface area contributed by atoms with Crippen LogP contribution in [0.4, 0.5) is 5.69 Å². The zero-order chi connectivity index (χ0) is 17.7. The van der Waals surface area contributed by atoms with Crippen LogP contribution >= 0.6 is 0 Å². The van der Waals surface area contributed by atoms with Crippen molar-refractivity contribution >= 4 is 16.6 Å². The number of rotatable bonds is 8. The van der Waals surface area contributed by atoms with Gasteiger partial charge < -0.3 is 15.4 Å². The van der Waals surface area contributed by atoms with E-state index in [-0.39, 0.29) is 0 Å². The minimum Gasteiger partial charge on any atom is -0.497 e. The second kappa shape index (κ2) is 8.34. The van der Waals surface area contributed by atoms with E-state index in [4.69, 9.17) is 15.5 Å². The van der Waals surface area contributed by atoms with Crippen LogP contribution in [0.2, 0.25) is 0 Å². The Morgan fingerprint density at radius 3 is 2.54 bits per heavy atom. The van der Waals surface area contributed by atoms with Crippen molar-refractivity contribution < 1.29 is 4.74 Å².